The normalized spacial score (nSPS) is 19.3. The van der Waals surface area contributed by atoms with Crippen molar-refractivity contribution in [3.63, 3.8) is 0 Å². The number of aliphatic hydroxyl groups is 1. The van der Waals surface area contributed by atoms with Gasteiger partial charge in [0.25, 0.3) is 0 Å². The fourth-order valence-corrected chi connectivity index (χ4v) is 5.66. The van der Waals surface area contributed by atoms with Crippen molar-refractivity contribution in [1.29, 1.82) is 0 Å². The van der Waals surface area contributed by atoms with Crippen LogP contribution < -0.4 is 5.32 Å². The molecule has 0 aromatic carbocycles. The molecule has 0 aliphatic carbocycles. The van der Waals surface area contributed by atoms with E-state index >= 15 is 0 Å². The van der Waals surface area contributed by atoms with Crippen LogP contribution in [-0.4, -0.2) is 53.2 Å². The van der Waals surface area contributed by atoms with Crippen molar-refractivity contribution in [3.8, 4) is 0 Å². The Balaban J connectivity index is 1.86. The number of aliphatic hydroxyl groups excluding tert-OH is 1. The van der Waals surface area contributed by atoms with E-state index in [0.29, 0.717) is 26.0 Å². The minimum absolute atomic E-state index is 0.0279. The number of piperidine rings is 1. The fourth-order valence-electron chi connectivity index (χ4n) is 5.66. The largest absolute Gasteiger partial charge is 0.389 e. The smallest absolute Gasteiger partial charge is 0.0897 e. The number of hydrogen-bond donors (Lipinski definition) is 2. The number of ether oxygens (including phenoxy) is 1. The van der Waals surface area contributed by atoms with Crippen molar-refractivity contribution in [2.45, 2.75) is 173 Å². The number of nitrogens with one attached hydrogen (secondary N) is 1. The molecule has 1 aliphatic heterocycles. The maximum Gasteiger partial charge on any atom is 0.0897 e. The number of hydroxylamine groups is 2. The van der Waals surface area contributed by atoms with Crippen molar-refractivity contribution in [2.75, 3.05) is 19.7 Å². The van der Waals surface area contributed by atoms with Crippen molar-refractivity contribution >= 4 is 0 Å². The van der Waals surface area contributed by atoms with E-state index < -0.39 is 17.2 Å². The molecule has 209 valence electrons. The average Bonchev–Trinajstić information content (AvgIpc) is 2.80. The van der Waals surface area contributed by atoms with Gasteiger partial charge >= 0.3 is 0 Å². The molecular weight excluding hydrogens is 436 g/mol. The fraction of sp³-hybridized carbons (Fsp3) is 1.00. The van der Waals surface area contributed by atoms with Crippen LogP contribution in [0.3, 0.4) is 0 Å². The lowest BCUT2D eigenvalue weighted by Gasteiger charge is -2.49. The summed E-state index contributed by atoms with van der Waals surface area (Å²) in [5.74, 6) is 0. The van der Waals surface area contributed by atoms with Crippen LogP contribution in [0.15, 0.2) is 0 Å². The Kier molecular flexibility index (Phi) is 17.8. The monoisotopic (exact) mass is 497 g/mol. The summed E-state index contributed by atoms with van der Waals surface area (Å²) in [4.78, 5) is 0. The maximum atomic E-state index is 12.4. The van der Waals surface area contributed by atoms with E-state index in [4.69, 9.17) is 4.74 Å². The SMILES string of the molecule is CCCCCCCCCCCCCCCCCCNCC(O)COC1CC(C)(C)N([O])C(C)(C)C1. The van der Waals surface area contributed by atoms with E-state index in [1.165, 1.54) is 108 Å². The molecule has 5 nitrogen and oxygen atoms in total. The van der Waals surface area contributed by atoms with Gasteiger partial charge in [-0.15, -0.1) is 10.3 Å². The Labute approximate surface area is 218 Å². The zero-order chi connectivity index (χ0) is 26.0. The summed E-state index contributed by atoms with van der Waals surface area (Å²) in [6.07, 6.45) is 23.1. The van der Waals surface area contributed by atoms with Crippen LogP contribution in [0.4, 0.5) is 0 Å². The lowest BCUT2D eigenvalue weighted by molar-refractivity contribution is -0.301. The number of hydrogen-bond acceptors (Lipinski definition) is 4. The summed E-state index contributed by atoms with van der Waals surface area (Å²) < 4.78 is 6.00. The van der Waals surface area contributed by atoms with Gasteiger partial charge in [-0.1, -0.05) is 103 Å². The first-order chi connectivity index (χ1) is 16.7. The second kappa shape index (κ2) is 19.0. The molecule has 1 aliphatic rings. The Morgan fingerprint density at radius 1 is 0.771 bits per heavy atom. The highest BCUT2D eigenvalue weighted by molar-refractivity contribution is 4.96. The molecular formula is C30H61N2O3. The molecule has 1 saturated heterocycles. The third-order valence-electron chi connectivity index (χ3n) is 7.67. The summed E-state index contributed by atoms with van der Waals surface area (Å²) in [6.45, 7) is 12.1. The average molecular weight is 498 g/mol. The molecule has 5 heteroatoms. The first-order valence-corrected chi connectivity index (χ1v) is 15.2. The van der Waals surface area contributed by atoms with Gasteiger partial charge in [-0.05, 0) is 53.5 Å². The van der Waals surface area contributed by atoms with E-state index in [9.17, 15) is 10.3 Å². The second-order valence-corrected chi connectivity index (χ2v) is 12.4. The van der Waals surface area contributed by atoms with Crippen LogP contribution in [-0.2, 0) is 9.94 Å². The van der Waals surface area contributed by atoms with E-state index in [2.05, 4.69) is 12.2 Å². The van der Waals surface area contributed by atoms with E-state index in [-0.39, 0.29) is 6.10 Å². The van der Waals surface area contributed by atoms with Gasteiger partial charge in [0.2, 0.25) is 0 Å². The number of nitrogens with zero attached hydrogens (tertiary/aromatic N) is 1. The minimum Gasteiger partial charge on any atom is -0.389 e. The standard InChI is InChI=1S/C30H61N2O3/c1-6-7-8-9-10-11-12-13-14-15-16-17-18-19-20-21-22-31-25-27(33)26-35-28-23-29(2,3)32(34)30(4,5)24-28/h27-28,31,33H,6-26H2,1-5H3. The Bertz CT molecular complexity index is 480. The van der Waals surface area contributed by atoms with Crippen LogP contribution >= 0.6 is 0 Å². The van der Waals surface area contributed by atoms with E-state index in [1.807, 2.05) is 27.7 Å². The van der Waals surface area contributed by atoms with E-state index in [0.717, 1.165) is 6.54 Å². The van der Waals surface area contributed by atoms with Crippen molar-refractivity contribution < 1.29 is 15.1 Å². The van der Waals surface area contributed by atoms with Crippen LogP contribution in [0.1, 0.15) is 150 Å². The highest BCUT2D eigenvalue weighted by Gasteiger charge is 2.46. The molecule has 0 saturated carbocycles. The lowest BCUT2D eigenvalue weighted by Crippen LogP contribution is -2.60. The third-order valence-corrected chi connectivity index (χ3v) is 7.67. The summed E-state index contributed by atoms with van der Waals surface area (Å²) in [5, 5.41) is 27.3. The molecule has 0 bridgehead atoms. The van der Waals surface area contributed by atoms with Crippen LogP contribution in [0.2, 0.25) is 0 Å². The molecule has 1 unspecified atom stereocenters. The summed E-state index contributed by atoms with van der Waals surface area (Å²) in [5.41, 5.74) is -0.855. The van der Waals surface area contributed by atoms with Crippen molar-refractivity contribution in [1.82, 2.24) is 10.4 Å². The van der Waals surface area contributed by atoms with Gasteiger partial charge in [0.05, 0.1) is 18.8 Å². The van der Waals surface area contributed by atoms with Gasteiger partial charge in [0.15, 0.2) is 0 Å². The second-order valence-electron chi connectivity index (χ2n) is 12.4. The lowest BCUT2D eigenvalue weighted by atomic mass is 9.80. The number of rotatable bonds is 22. The third kappa shape index (κ3) is 15.6. The summed E-state index contributed by atoms with van der Waals surface area (Å²) >= 11 is 0. The predicted octanol–water partition coefficient (Wildman–Crippen LogP) is 7.58. The van der Waals surface area contributed by atoms with E-state index in [1.54, 1.807) is 0 Å². The molecule has 35 heavy (non-hydrogen) atoms. The Morgan fingerprint density at radius 2 is 1.17 bits per heavy atom. The molecule has 1 fully saturated rings. The van der Waals surface area contributed by atoms with Crippen LogP contribution in [0.25, 0.3) is 0 Å². The molecule has 2 N–H and O–H groups in total. The molecule has 1 rings (SSSR count). The van der Waals surface area contributed by atoms with Crippen molar-refractivity contribution in [2.24, 2.45) is 0 Å². The topological polar surface area (TPSA) is 64.6 Å². The Morgan fingerprint density at radius 3 is 1.60 bits per heavy atom. The minimum atomic E-state index is -0.493. The van der Waals surface area contributed by atoms with Gasteiger partial charge in [-0.25, -0.2) is 0 Å². The summed E-state index contributed by atoms with van der Waals surface area (Å²) in [7, 11) is 0. The summed E-state index contributed by atoms with van der Waals surface area (Å²) in [6, 6.07) is 0. The quantitative estimate of drug-likeness (QED) is 0.151. The molecule has 0 spiro atoms. The molecule has 1 radical (unpaired) electrons. The van der Waals surface area contributed by atoms with Gasteiger partial charge in [-0.2, -0.15) is 0 Å². The molecule has 0 aromatic rings. The first kappa shape index (κ1) is 32.8. The molecule has 0 aromatic heterocycles. The highest BCUT2D eigenvalue weighted by atomic mass is 16.5. The Hall–Kier alpha value is -0.200. The van der Waals surface area contributed by atoms with Gasteiger partial charge < -0.3 is 15.2 Å². The zero-order valence-corrected chi connectivity index (χ0v) is 24.2. The van der Waals surface area contributed by atoms with Gasteiger partial charge in [-0.3, -0.25) is 0 Å². The highest BCUT2D eigenvalue weighted by Crippen LogP contribution is 2.38. The molecule has 1 atom stereocenters. The molecule has 1 heterocycles. The van der Waals surface area contributed by atoms with Gasteiger partial charge in [0, 0.05) is 17.6 Å². The zero-order valence-electron chi connectivity index (χ0n) is 24.2. The van der Waals surface area contributed by atoms with Crippen molar-refractivity contribution in [3.05, 3.63) is 0 Å². The number of unbranched alkanes of at least 4 members (excludes halogenated alkanes) is 15. The van der Waals surface area contributed by atoms with Gasteiger partial charge in [0.1, 0.15) is 0 Å². The first-order valence-electron chi connectivity index (χ1n) is 15.2. The predicted molar refractivity (Wildman–Crippen MR) is 148 cm³/mol. The van der Waals surface area contributed by atoms with Crippen LogP contribution in [0.5, 0.6) is 0 Å². The molecule has 0 amide bonds. The maximum absolute atomic E-state index is 12.4. The van der Waals surface area contributed by atoms with Crippen LogP contribution in [0, 0.1) is 0 Å².